The highest BCUT2D eigenvalue weighted by Gasteiger charge is 2.06. The van der Waals surface area contributed by atoms with E-state index in [4.69, 9.17) is 9.84 Å². The second-order valence-corrected chi connectivity index (χ2v) is 4.09. The molecule has 0 atom stereocenters. The van der Waals surface area contributed by atoms with Crippen LogP contribution in [-0.2, 0) is 6.42 Å². The van der Waals surface area contributed by atoms with Gasteiger partial charge in [0.2, 0.25) is 0 Å². The maximum absolute atomic E-state index is 13.1. The van der Waals surface area contributed by atoms with Crippen molar-refractivity contribution < 1.29 is 14.2 Å². The monoisotopic (exact) mass is 241 g/mol. The summed E-state index contributed by atoms with van der Waals surface area (Å²) >= 11 is 0. The lowest BCUT2D eigenvalue weighted by Gasteiger charge is -2.16. The van der Waals surface area contributed by atoms with Gasteiger partial charge < -0.3 is 14.7 Å². The van der Waals surface area contributed by atoms with Crippen molar-refractivity contribution in [2.75, 3.05) is 33.9 Å². The molecule has 0 aliphatic carbocycles. The fourth-order valence-electron chi connectivity index (χ4n) is 1.71. The first-order chi connectivity index (χ1) is 8.17. The van der Waals surface area contributed by atoms with Gasteiger partial charge in [0, 0.05) is 19.7 Å². The molecule has 0 amide bonds. The molecule has 1 N–H and O–H groups in total. The van der Waals surface area contributed by atoms with Gasteiger partial charge in [0.25, 0.3) is 0 Å². The molecule has 0 radical (unpaired) electrons. The van der Waals surface area contributed by atoms with Crippen LogP contribution >= 0.6 is 0 Å². The molecule has 0 fully saturated rings. The van der Waals surface area contributed by atoms with Crippen LogP contribution < -0.4 is 4.74 Å². The SMILES string of the molecule is COc1ccc(F)cc1CCN(C)CCCO. The van der Waals surface area contributed by atoms with Gasteiger partial charge in [-0.15, -0.1) is 0 Å². The summed E-state index contributed by atoms with van der Waals surface area (Å²) in [6.45, 7) is 1.86. The number of hydrogen-bond acceptors (Lipinski definition) is 3. The van der Waals surface area contributed by atoms with Crippen molar-refractivity contribution in [2.24, 2.45) is 0 Å². The first-order valence-electron chi connectivity index (χ1n) is 5.79. The van der Waals surface area contributed by atoms with Gasteiger partial charge in [0.15, 0.2) is 0 Å². The molecule has 0 saturated heterocycles. The molecule has 0 aliphatic rings. The first kappa shape index (κ1) is 13.9. The van der Waals surface area contributed by atoms with Crippen LogP contribution in [0.1, 0.15) is 12.0 Å². The Morgan fingerprint density at radius 2 is 2.12 bits per heavy atom. The molecule has 0 aromatic heterocycles. The van der Waals surface area contributed by atoms with Crippen LogP contribution in [0.15, 0.2) is 18.2 Å². The predicted molar refractivity (Wildman–Crippen MR) is 65.9 cm³/mol. The topological polar surface area (TPSA) is 32.7 Å². The number of ether oxygens (including phenoxy) is 1. The minimum Gasteiger partial charge on any atom is -0.496 e. The summed E-state index contributed by atoms with van der Waals surface area (Å²) < 4.78 is 18.3. The molecule has 1 rings (SSSR count). The van der Waals surface area contributed by atoms with Crippen molar-refractivity contribution in [3.63, 3.8) is 0 Å². The predicted octanol–water partition coefficient (Wildman–Crippen LogP) is 1.69. The number of halogens is 1. The van der Waals surface area contributed by atoms with Crippen molar-refractivity contribution in [2.45, 2.75) is 12.8 Å². The second kappa shape index (κ2) is 7.25. The molecule has 4 heteroatoms. The summed E-state index contributed by atoms with van der Waals surface area (Å²) in [6, 6.07) is 4.56. The van der Waals surface area contributed by atoms with Gasteiger partial charge >= 0.3 is 0 Å². The molecule has 96 valence electrons. The van der Waals surface area contributed by atoms with Crippen molar-refractivity contribution in [1.82, 2.24) is 4.90 Å². The van der Waals surface area contributed by atoms with Crippen LogP contribution in [0.5, 0.6) is 5.75 Å². The van der Waals surface area contributed by atoms with E-state index in [9.17, 15) is 4.39 Å². The smallest absolute Gasteiger partial charge is 0.123 e. The number of aliphatic hydroxyl groups excluding tert-OH is 1. The number of methoxy groups -OCH3 is 1. The molecular formula is C13H20FNO2. The molecule has 0 bridgehead atoms. The number of nitrogens with zero attached hydrogens (tertiary/aromatic N) is 1. The molecule has 3 nitrogen and oxygen atoms in total. The number of aliphatic hydroxyl groups is 1. The molecule has 0 aliphatic heterocycles. The molecule has 1 aromatic rings. The van der Waals surface area contributed by atoms with Crippen molar-refractivity contribution in [3.05, 3.63) is 29.6 Å². The van der Waals surface area contributed by atoms with E-state index in [0.717, 1.165) is 37.2 Å². The zero-order valence-electron chi connectivity index (χ0n) is 10.4. The summed E-state index contributed by atoms with van der Waals surface area (Å²) in [5, 5.41) is 8.72. The van der Waals surface area contributed by atoms with Crippen molar-refractivity contribution in [3.8, 4) is 5.75 Å². The number of hydrogen-bond donors (Lipinski definition) is 1. The Hall–Kier alpha value is -1.13. The second-order valence-electron chi connectivity index (χ2n) is 4.09. The highest BCUT2D eigenvalue weighted by Crippen LogP contribution is 2.19. The Morgan fingerprint density at radius 1 is 1.35 bits per heavy atom. The van der Waals surface area contributed by atoms with Crippen LogP contribution in [0.25, 0.3) is 0 Å². The molecule has 17 heavy (non-hydrogen) atoms. The quantitative estimate of drug-likeness (QED) is 0.788. The lowest BCUT2D eigenvalue weighted by atomic mass is 10.1. The van der Waals surface area contributed by atoms with Gasteiger partial charge in [-0.05, 0) is 43.7 Å². The van der Waals surface area contributed by atoms with Gasteiger partial charge in [0.05, 0.1) is 7.11 Å². The van der Waals surface area contributed by atoms with Gasteiger partial charge in [-0.25, -0.2) is 4.39 Å². The van der Waals surface area contributed by atoms with E-state index < -0.39 is 0 Å². The maximum Gasteiger partial charge on any atom is 0.123 e. The van der Waals surface area contributed by atoms with E-state index in [1.54, 1.807) is 13.2 Å². The van der Waals surface area contributed by atoms with Gasteiger partial charge in [0.1, 0.15) is 11.6 Å². The van der Waals surface area contributed by atoms with Crippen LogP contribution in [-0.4, -0.2) is 43.9 Å². The highest BCUT2D eigenvalue weighted by molar-refractivity contribution is 5.34. The third-order valence-electron chi connectivity index (χ3n) is 2.70. The number of benzene rings is 1. The Labute approximate surface area is 102 Å². The average Bonchev–Trinajstić information content (AvgIpc) is 2.34. The van der Waals surface area contributed by atoms with Crippen LogP contribution in [0.4, 0.5) is 4.39 Å². The standard InChI is InChI=1S/C13H20FNO2/c1-15(7-3-9-16)8-6-11-10-12(14)4-5-13(11)17-2/h4-5,10,16H,3,6-9H2,1-2H3. The summed E-state index contributed by atoms with van der Waals surface area (Å²) in [5.74, 6) is 0.487. The minimum atomic E-state index is -0.237. The number of rotatable bonds is 7. The van der Waals surface area contributed by atoms with Crippen LogP contribution in [0.2, 0.25) is 0 Å². The van der Waals surface area contributed by atoms with E-state index in [2.05, 4.69) is 4.90 Å². The Balaban J connectivity index is 2.52. The Kier molecular flexibility index (Phi) is 5.94. The Bertz CT molecular complexity index is 344. The van der Waals surface area contributed by atoms with E-state index in [1.165, 1.54) is 12.1 Å². The lowest BCUT2D eigenvalue weighted by molar-refractivity contribution is 0.248. The van der Waals surface area contributed by atoms with Gasteiger partial charge in [-0.2, -0.15) is 0 Å². The fraction of sp³-hybridized carbons (Fsp3) is 0.538. The van der Waals surface area contributed by atoms with E-state index in [0.29, 0.717) is 0 Å². The largest absolute Gasteiger partial charge is 0.496 e. The fourth-order valence-corrected chi connectivity index (χ4v) is 1.71. The van der Waals surface area contributed by atoms with E-state index in [-0.39, 0.29) is 12.4 Å². The first-order valence-corrected chi connectivity index (χ1v) is 5.79. The zero-order valence-corrected chi connectivity index (χ0v) is 10.4. The highest BCUT2D eigenvalue weighted by atomic mass is 19.1. The molecule has 0 unspecified atom stereocenters. The maximum atomic E-state index is 13.1. The summed E-state index contributed by atoms with van der Waals surface area (Å²) in [4.78, 5) is 2.11. The van der Waals surface area contributed by atoms with Gasteiger partial charge in [-0.3, -0.25) is 0 Å². The third kappa shape index (κ3) is 4.71. The van der Waals surface area contributed by atoms with Gasteiger partial charge in [-0.1, -0.05) is 0 Å². The molecule has 0 heterocycles. The van der Waals surface area contributed by atoms with Crippen molar-refractivity contribution in [1.29, 1.82) is 0 Å². The van der Waals surface area contributed by atoms with Crippen molar-refractivity contribution >= 4 is 0 Å². The normalized spacial score (nSPS) is 10.9. The number of likely N-dealkylation sites (N-methyl/N-ethyl adjacent to an activating group) is 1. The third-order valence-corrected chi connectivity index (χ3v) is 2.70. The average molecular weight is 241 g/mol. The van der Waals surface area contributed by atoms with E-state index >= 15 is 0 Å². The molecular weight excluding hydrogens is 221 g/mol. The summed E-state index contributed by atoms with van der Waals surface area (Å²) in [5.41, 5.74) is 0.878. The molecule has 0 saturated carbocycles. The summed E-state index contributed by atoms with van der Waals surface area (Å²) in [7, 11) is 3.58. The minimum absolute atomic E-state index is 0.202. The zero-order chi connectivity index (χ0) is 12.7. The Morgan fingerprint density at radius 3 is 2.76 bits per heavy atom. The van der Waals surface area contributed by atoms with Crippen LogP contribution in [0.3, 0.4) is 0 Å². The lowest BCUT2D eigenvalue weighted by Crippen LogP contribution is -2.23. The molecule has 0 spiro atoms. The molecule has 1 aromatic carbocycles. The summed E-state index contributed by atoms with van der Waals surface area (Å²) in [6.07, 6.45) is 1.50. The van der Waals surface area contributed by atoms with E-state index in [1.807, 2.05) is 7.05 Å². The van der Waals surface area contributed by atoms with Crippen LogP contribution in [0, 0.1) is 5.82 Å².